The van der Waals surface area contributed by atoms with Gasteiger partial charge in [0, 0.05) is 6.92 Å². The normalized spacial score (nSPS) is 13.0. The molecule has 0 aliphatic carbocycles. The van der Waals surface area contributed by atoms with Gasteiger partial charge in [-0.3, -0.25) is 4.79 Å². The van der Waals surface area contributed by atoms with Crippen LogP contribution in [-0.4, -0.2) is 42.2 Å². The number of methoxy groups -OCH3 is 1. The summed E-state index contributed by atoms with van der Waals surface area (Å²) in [5, 5.41) is 7.29. The average molecular weight is 351 g/mol. The Balaban J connectivity index is 2.29. The molecule has 0 fully saturated rings. The number of carbonyl (C=O) groups is 1. The standard InChI is InChI=1S/C15H17N3O5S/c1-11(19)23-15(14-10-18(17-16-14)24(3,20)21)8-7-12-5-4-6-13(9-12)22-2/h4-10,15H,1-3H3/b8-7+. The van der Waals surface area contributed by atoms with E-state index in [2.05, 4.69) is 10.3 Å². The van der Waals surface area contributed by atoms with E-state index in [9.17, 15) is 13.2 Å². The molecule has 0 N–H and O–H groups in total. The van der Waals surface area contributed by atoms with E-state index in [1.807, 2.05) is 12.1 Å². The van der Waals surface area contributed by atoms with Crippen LogP contribution in [0.5, 0.6) is 5.75 Å². The van der Waals surface area contributed by atoms with E-state index in [1.165, 1.54) is 13.1 Å². The van der Waals surface area contributed by atoms with E-state index in [0.717, 1.165) is 15.9 Å². The van der Waals surface area contributed by atoms with Crippen LogP contribution < -0.4 is 4.74 Å². The second-order valence-corrected chi connectivity index (χ2v) is 6.78. The molecule has 0 saturated carbocycles. The molecule has 9 heteroatoms. The summed E-state index contributed by atoms with van der Waals surface area (Å²) in [4.78, 5) is 11.3. The van der Waals surface area contributed by atoms with Gasteiger partial charge in [0.1, 0.15) is 11.4 Å². The van der Waals surface area contributed by atoms with Crippen molar-refractivity contribution >= 4 is 22.1 Å². The summed E-state index contributed by atoms with van der Waals surface area (Å²) in [7, 11) is -1.99. The van der Waals surface area contributed by atoms with Crippen LogP contribution in [0.4, 0.5) is 0 Å². The first-order valence-corrected chi connectivity index (χ1v) is 8.76. The van der Waals surface area contributed by atoms with Crippen LogP contribution in [0.1, 0.15) is 24.3 Å². The summed E-state index contributed by atoms with van der Waals surface area (Å²) in [6, 6.07) is 7.27. The van der Waals surface area contributed by atoms with Gasteiger partial charge in [-0.2, -0.15) is 0 Å². The molecule has 0 radical (unpaired) electrons. The van der Waals surface area contributed by atoms with Crippen molar-refractivity contribution in [2.24, 2.45) is 0 Å². The molecule has 0 amide bonds. The molecule has 1 aromatic carbocycles. The van der Waals surface area contributed by atoms with E-state index in [1.54, 1.807) is 31.4 Å². The second kappa shape index (κ2) is 7.26. The topological polar surface area (TPSA) is 100 Å². The second-order valence-electron chi connectivity index (χ2n) is 4.94. The Labute approximate surface area is 139 Å². The third kappa shape index (κ3) is 4.66. The van der Waals surface area contributed by atoms with Crippen LogP contribution in [0.15, 0.2) is 36.5 Å². The first-order chi connectivity index (χ1) is 11.3. The molecule has 24 heavy (non-hydrogen) atoms. The summed E-state index contributed by atoms with van der Waals surface area (Å²) < 4.78 is 34.0. The Bertz CT molecular complexity index is 857. The maximum Gasteiger partial charge on any atom is 0.303 e. The zero-order valence-electron chi connectivity index (χ0n) is 13.4. The van der Waals surface area contributed by atoms with Crippen molar-refractivity contribution in [3.8, 4) is 5.75 Å². The Hall–Kier alpha value is -2.68. The van der Waals surface area contributed by atoms with Gasteiger partial charge >= 0.3 is 5.97 Å². The van der Waals surface area contributed by atoms with E-state index >= 15 is 0 Å². The Kier molecular flexibility index (Phi) is 5.35. The van der Waals surface area contributed by atoms with Gasteiger partial charge in [0.15, 0.2) is 6.10 Å². The SMILES string of the molecule is COc1cccc(/C=C/C(OC(C)=O)c2cn(S(C)(=O)=O)nn2)c1. The first-order valence-electron chi connectivity index (χ1n) is 6.92. The minimum atomic E-state index is -3.56. The van der Waals surface area contributed by atoms with Crippen LogP contribution in [0, 0.1) is 0 Å². The third-order valence-electron chi connectivity index (χ3n) is 2.97. The molecule has 0 saturated heterocycles. The average Bonchev–Trinajstić information content (AvgIpc) is 3.01. The monoisotopic (exact) mass is 351 g/mol. The zero-order valence-corrected chi connectivity index (χ0v) is 14.2. The Morgan fingerprint density at radius 3 is 2.71 bits per heavy atom. The number of ether oxygens (including phenoxy) is 2. The minimum absolute atomic E-state index is 0.203. The molecule has 1 atom stereocenters. The highest BCUT2D eigenvalue weighted by Gasteiger charge is 2.18. The molecule has 128 valence electrons. The molecule has 2 aromatic rings. The van der Waals surface area contributed by atoms with Crippen LogP contribution in [-0.2, 0) is 19.6 Å². The fraction of sp³-hybridized carbons (Fsp3) is 0.267. The lowest BCUT2D eigenvalue weighted by Crippen LogP contribution is -2.10. The molecular weight excluding hydrogens is 334 g/mol. The van der Waals surface area contributed by atoms with Crippen LogP contribution in [0.3, 0.4) is 0 Å². The van der Waals surface area contributed by atoms with Crippen molar-refractivity contribution in [1.82, 2.24) is 14.4 Å². The molecule has 2 rings (SSSR count). The maximum absolute atomic E-state index is 11.5. The van der Waals surface area contributed by atoms with Crippen molar-refractivity contribution in [3.63, 3.8) is 0 Å². The molecule has 1 unspecified atom stereocenters. The van der Waals surface area contributed by atoms with Crippen molar-refractivity contribution in [1.29, 1.82) is 0 Å². The summed E-state index contributed by atoms with van der Waals surface area (Å²) in [5.41, 5.74) is 1.02. The number of carbonyl (C=O) groups excluding carboxylic acids is 1. The summed E-state index contributed by atoms with van der Waals surface area (Å²) in [6.07, 6.45) is 4.66. The third-order valence-corrected chi connectivity index (χ3v) is 3.83. The van der Waals surface area contributed by atoms with E-state index < -0.39 is 22.1 Å². The van der Waals surface area contributed by atoms with Crippen LogP contribution in [0.2, 0.25) is 0 Å². The number of hydrogen-bond donors (Lipinski definition) is 0. The highest BCUT2D eigenvalue weighted by molar-refractivity contribution is 7.89. The summed E-state index contributed by atoms with van der Waals surface area (Å²) in [5.74, 6) is 0.161. The van der Waals surface area contributed by atoms with Crippen molar-refractivity contribution in [3.05, 3.63) is 47.8 Å². The summed E-state index contributed by atoms with van der Waals surface area (Å²) >= 11 is 0. The number of esters is 1. The molecule has 0 bridgehead atoms. The molecule has 8 nitrogen and oxygen atoms in total. The number of aromatic nitrogens is 3. The fourth-order valence-corrected chi connectivity index (χ4v) is 2.34. The van der Waals surface area contributed by atoms with Crippen molar-refractivity contribution < 1.29 is 22.7 Å². The molecule has 0 spiro atoms. The van der Waals surface area contributed by atoms with Gasteiger partial charge in [-0.05, 0) is 23.8 Å². The number of rotatable bonds is 6. The summed E-state index contributed by atoms with van der Waals surface area (Å²) in [6.45, 7) is 1.26. The zero-order chi connectivity index (χ0) is 17.7. The van der Waals surface area contributed by atoms with Crippen molar-refractivity contribution in [2.45, 2.75) is 13.0 Å². The number of nitrogens with zero attached hydrogens (tertiary/aromatic N) is 3. The van der Waals surface area contributed by atoms with Gasteiger partial charge in [-0.25, -0.2) is 8.42 Å². The van der Waals surface area contributed by atoms with Crippen LogP contribution in [0.25, 0.3) is 6.08 Å². The number of benzene rings is 1. The lowest BCUT2D eigenvalue weighted by molar-refractivity contribution is -0.144. The van der Waals surface area contributed by atoms with Crippen LogP contribution >= 0.6 is 0 Å². The first kappa shape index (κ1) is 17.7. The molecule has 0 aliphatic heterocycles. The van der Waals surface area contributed by atoms with E-state index in [4.69, 9.17) is 9.47 Å². The molecular formula is C15H17N3O5S. The number of hydrogen-bond acceptors (Lipinski definition) is 7. The lowest BCUT2D eigenvalue weighted by Gasteiger charge is -2.09. The van der Waals surface area contributed by atoms with Gasteiger partial charge < -0.3 is 9.47 Å². The molecule has 1 heterocycles. The Morgan fingerprint density at radius 1 is 1.38 bits per heavy atom. The fourth-order valence-electron chi connectivity index (χ4n) is 1.87. The van der Waals surface area contributed by atoms with E-state index in [-0.39, 0.29) is 5.69 Å². The van der Waals surface area contributed by atoms with Gasteiger partial charge in [-0.1, -0.05) is 23.4 Å². The smallest absolute Gasteiger partial charge is 0.303 e. The highest BCUT2D eigenvalue weighted by atomic mass is 32.2. The van der Waals surface area contributed by atoms with Gasteiger partial charge in [-0.15, -0.1) is 9.19 Å². The lowest BCUT2D eigenvalue weighted by atomic mass is 10.1. The van der Waals surface area contributed by atoms with Gasteiger partial charge in [0.25, 0.3) is 10.0 Å². The highest BCUT2D eigenvalue weighted by Crippen LogP contribution is 2.20. The predicted molar refractivity (Wildman–Crippen MR) is 86.8 cm³/mol. The van der Waals surface area contributed by atoms with Gasteiger partial charge in [0.05, 0.1) is 19.6 Å². The Morgan fingerprint density at radius 2 is 2.12 bits per heavy atom. The molecule has 1 aromatic heterocycles. The van der Waals surface area contributed by atoms with E-state index in [0.29, 0.717) is 5.75 Å². The quantitative estimate of drug-likeness (QED) is 0.725. The maximum atomic E-state index is 11.5. The largest absolute Gasteiger partial charge is 0.497 e. The van der Waals surface area contributed by atoms with Crippen molar-refractivity contribution in [2.75, 3.05) is 13.4 Å². The molecule has 0 aliphatic rings. The predicted octanol–water partition coefficient (Wildman–Crippen LogP) is 1.41. The minimum Gasteiger partial charge on any atom is -0.497 e. The van der Waals surface area contributed by atoms with Gasteiger partial charge in [0.2, 0.25) is 0 Å².